The molecule has 19 heavy (non-hydrogen) atoms. The summed E-state index contributed by atoms with van der Waals surface area (Å²) in [5.74, 6) is 0.762. The average Bonchev–Trinajstić information content (AvgIpc) is 2.76. The molecule has 0 aliphatic rings. The second-order valence-corrected chi connectivity index (χ2v) is 4.33. The molecule has 0 radical (unpaired) electrons. The molecule has 0 unspecified atom stereocenters. The minimum atomic E-state index is 0.0338. The maximum absolute atomic E-state index is 11.8. The molecule has 0 aliphatic heterocycles. The molecule has 2 aromatic rings. The van der Waals surface area contributed by atoms with Crippen molar-refractivity contribution in [1.29, 1.82) is 0 Å². The van der Waals surface area contributed by atoms with Crippen LogP contribution in [0.25, 0.3) is 0 Å². The van der Waals surface area contributed by atoms with Gasteiger partial charge < -0.3 is 10.5 Å². The molecule has 0 fully saturated rings. The summed E-state index contributed by atoms with van der Waals surface area (Å²) in [7, 11) is 0. The SMILES string of the molecule is CCn1ccn(CCCOc2cccc(N)c2)c1=O. The van der Waals surface area contributed by atoms with Gasteiger partial charge in [0, 0.05) is 37.2 Å². The highest BCUT2D eigenvalue weighted by Gasteiger charge is 2.01. The Morgan fingerprint density at radius 3 is 2.74 bits per heavy atom. The van der Waals surface area contributed by atoms with Gasteiger partial charge in [0.15, 0.2) is 0 Å². The van der Waals surface area contributed by atoms with Crippen molar-refractivity contribution in [2.24, 2.45) is 0 Å². The van der Waals surface area contributed by atoms with Gasteiger partial charge in [0.2, 0.25) is 0 Å². The van der Waals surface area contributed by atoms with Crippen LogP contribution in [-0.4, -0.2) is 15.7 Å². The van der Waals surface area contributed by atoms with Gasteiger partial charge in [0.25, 0.3) is 0 Å². The second kappa shape index (κ2) is 6.13. The molecule has 5 heteroatoms. The number of benzene rings is 1. The van der Waals surface area contributed by atoms with Crippen molar-refractivity contribution < 1.29 is 4.74 Å². The third-order valence-electron chi connectivity index (χ3n) is 2.93. The molecular weight excluding hydrogens is 242 g/mol. The lowest BCUT2D eigenvalue weighted by Gasteiger charge is -2.06. The highest BCUT2D eigenvalue weighted by atomic mass is 16.5. The van der Waals surface area contributed by atoms with Crippen LogP contribution >= 0.6 is 0 Å². The van der Waals surface area contributed by atoms with Gasteiger partial charge in [0.1, 0.15) is 5.75 Å². The maximum Gasteiger partial charge on any atom is 0.328 e. The number of hydrogen-bond acceptors (Lipinski definition) is 3. The van der Waals surface area contributed by atoms with Crippen LogP contribution in [0, 0.1) is 0 Å². The number of nitrogens with two attached hydrogens (primary N) is 1. The molecule has 1 heterocycles. The molecule has 0 saturated heterocycles. The lowest BCUT2D eigenvalue weighted by Crippen LogP contribution is -2.24. The molecule has 102 valence electrons. The Hall–Kier alpha value is -2.17. The van der Waals surface area contributed by atoms with Gasteiger partial charge in [-0.05, 0) is 25.5 Å². The number of hydrogen-bond donors (Lipinski definition) is 1. The minimum absolute atomic E-state index is 0.0338. The summed E-state index contributed by atoms with van der Waals surface area (Å²) < 4.78 is 8.96. The van der Waals surface area contributed by atoms with E-state index in [4.69, 9.17) is 10.5 Å². The smallest absolute Gasteiger partial charge is 0.328 e. The van der Waals surface area contributed by atoms with Crippen LogP contribution in [0.2, 0.25) is 0 Å². The molecular formula is C14H19N3O2. The van der Waals surface area contributed by atoms with Gasteiger partial charge in [0.05, 0.1) is 6.61 Å². The van der Waals surface area contributed by atoms with Crippen LogP contribution < -0.4 is 16.2 Å². The van der Waals surface area contributed by atoms with Crippen LogP contribution in [0.15, 0.2) is 41.5 Å². The number of ether oxygens (including phenoxy) is 1. The first kappa shape index (κ1) is 13.3. The van der Waals surface area contributed by atoms with E-state index in [0.29, 0.717) is 25.4 Å². The number of anilines is 1. The van der Waals surface area contributed by atoms with E-state index in [1.807, 2.05) is 31.3 Å². The van der Waals surface area contributed by atoms with E-state index < -0.39 is 0 Å². The monoisotopic (exact) mass is 261 g/mol. The van der Waals surface area contributed by atoms with E-state index in [9.17, 15) is 4.79 Å². The lowest BCUT2D eigenvalue weighted by atomic mass is 10.3. The van der Waals surface area contributed by atoms with E-state index in [1.54, 1.807) is 21.4 Å². The Kier molecular flexibility index (Phi) is 4.28. The first-order valence-electron chi connectivity index (χ1n) is 6.44. The van der Waals surface area contributed by atoms with Crippen LogP contribution in [0.5, 0.6) is 5.75 Å². The number of nitrogens with zero attached hydrogens (tertiary/aromatic N) is 2. The largest absolute Gasteiger partial charge is 0.493 e. The van der Waals surface area contributed by atoms with Gasteiger partial charge in [-0.25, -0.2) is 4.79 Å². The highest BCUT2D eigenvalue weighted by Crippen LogP contribution is 2.14. The van der Waals surface area contributed by atoms with Crippen LogP contribution in [0.3, 0.4) is 0 Å². The number of aromatic nitrogens is 2. The zero-order chi connectivity index (χ0) is 13.7. The summed E-state index contributed by atoms with van der Waals surface area (Å²) in [6, 6.07) is 7.34. The summed E-state index contributed by atoms with van der Waals surface area (Å²) in [6.45, 7) is 3.88. The molecule has 2 rings (SSSR count). The minimum Gasteiger partial charge on any atom is -0.493 e. The van der Waals surface area contributed by atoms with Crippen molar-refractivity contribution in [2.75, 3.05) is 12.3 Å². The molecule has 0 aliphatic carbocycles. The van der Waals surface area contributed by atoms with Gasteiger partial charge in [-0.1, -0.05) is 6.07 Å². The van der Waals surface area contributed by atoms with E-state index >= 15 is 0 Å². The Bertz CT molecular complexity index is 586. The average molecular weight is 261 g/mol. The predicted octanol–water partition coefficient (Wildman–Crippen LogP) is 1.72. The third-order valence-corrected chi connectivity index (χ3v) is 2.93. The summed E-state index contributed by atoms with van der Waals surface area (Å²) in [5.41, 5.74) is 6.39. The van der Waals surface area contributed by atoms with Crippen molar-refractivity contribution in [3.05, 3.63) is 47.1 Å². The Labute approximate surface area is 112 Å². The predicted molar refractivity (Wildman–Crippen MR) is 75.3 cm³/mol. The van der Waals surface area contributed by atoms with Crippen molar-refractivity contribution >= 4 is 5.69 Å². The third kappa shape index (κ3) is 3.40. The van der Waals surface area contributed by atoms with Crippen molar-refractivity contribution in [3.63, 3.8) is 0 Å². The molecule has 5 nitrogen and oxygen atoms in total. The molecule has 1 aromatic carbocycles. The molecule has 0 spiro atoms. The first-order valence-corrected chi connectivity index (χ1v) is 6.44. The summed E-state index contributed by atoms with van der Waals surface area (Å²) in [6.07, 6.45) is 4.40. The molecule has 0 saturated carbocycles. The summed E-state index contributed by atoms with van der Waals surface area (Å²) in [4.78, 5) is 11.8. The van der Waals surface area contributed by atoms with Gasteiger partial charge in [-0.2, -0.15) is 0 Å². The standard InChI is InChI=1S/C14H19N3O2/c1-2-16-8-9-17(14(16)18)7-4-10-19-13-6-3-5-12(15)11-13/h3,5-6,8-9,11H,2,4,7,10,15H2,1H3. The molecule has 0 atom stereocenters. The van der Waals surface area contributed by atoms with Gasteiger partial charge >= 0.3 is 5.69 Å². The zero-order valence-electron chi connectivity index (χ0n) is 11.1. The number of imidazole rings is 1. The Morgan fingerprint density at radius 2 is 2.05 bits per heavy atom. The second-order valence-electron chi connectivity index (χ2n) is 4.33. The van der Waals surface area contributed by atoms with Gasteiger partial charge in [-0.3, -0.25) is 9.13 Å². The number of rotatable bonds is 6. The van der Waals surface area contributed by atoms with E-state index in [2.05, 4.69) is 0 Å². The summed E-state index contributed by atoms with van der Waals surface area (Å²) >= 11 is 0. The molecule has 1 aromatic heterocycles. The molecule has 0 bridgehead atoms. The first-order chi connectivity index (χ1) is 9.20. The van der Waals surface area contributed by atoms with Crippen molar-refractivity contribution in [2.45, 2.75) is 26.4 Å². The van der Waals surface area contributed by atoms with E-state index in [-0.39, 0.29) is 5.69 Å². The van der Waals surface area contributed by atoms with Crippen LogP contribution in [0.4, 0.5) is 5.69 Å². The van der Waals surface area contributed by atoms with Crippen LogP contribution in [0.1, 0.15) is 13.3 Å². The fourth-order valence-corrected chi connectivity index (χ4v) is 1.89. The topological polar surface area (TPSA) is 62.2 Å². The van der Waals surface area contributed by atoms with Crippen LogP contribution in [-0.2, 0) is 13.1 Å². The number of nitrogen functional groups attached to an aromatic ring is 1. The Balaban J connectivity index is 1.81. The fourth-order valence-electron chi connectivity index (χ4n) is 1.89. The molecule has 0 amide bonds. The lowest BCUT2D eigenvalue weighted by molar-refractivity contribution is 0.301. The van der Waals surface area contributed by atoms with Crippen molar-refractivity contribution in [1.82, 2.24) is 9.13 Å². The zero-order valence-corrected chi connectivity index (χ0v) is 11.1. The number of aryl methyl sites for hydroxylation is 2. The van der Waals surface area contributed by atoms with E-state index in [0.717, 1.165) is 12.2 Å². The van der Waals surface area contributed by atoms with Gasteiger partial charge in [-0.15, -0.1) is 0 Å². The summed E-state index contributed by atoms with van der Waals surface area (Å²) in [5, 5.41) is 0. The molecule has 2 N–H and O–H groups in total. The Morgan fingerprint density at radius 1 is 1.26 bits per heavy atom. The maximum atomic E-state index is 11.8. The quantitative estimate of drug-likeness (QED) is 0.636. The normalized spacial score (nSPS) is 10.6. The van der Waals surface area contributed by atoms with Crippen molar-refractivity contribution in [3.8, 4) is 5.75 Å². The fraction of sp³-hybridized carbons (Fsp3) is 0.357. The van der Waals surface area contributed by atoms with E-state index in [1.165, 1.54) is 0 Å². The highest BCUT2D eigenvalue weighted by molar-refractivity contribution is 5.43.